The van der Waals surface area contributed by atoms with Crippen LogP contribution in [0.15, 0.2) is 71.2 Å². The molecule has 0 bridgehead atoms. The Kier molecular flexibility index (Phi) is 10.8. The number of halogens is 3. The molecule has 1 aliphatic rings. The predicted octanol–water partition coefficient (Wildman–Crippen LogP) is 8.13. The highest BCUT2D eigenvalue weighted by Crippen LogP contribution is 2.32. The van der Waals surface area contributed by atoms with E-state index in [-0.39, 0.29) is 36.4 Å². The van der Waals surface area contributed by atoms with Crippen molar-refractivity contribution in [3.63, 3.8) is 0 Å². The van der Waals surface area contributed by atoms with Crippen LogP contribution in [0.5, 0.6) is 5.75 Å². The van der Waals surface area contributed by atoms with Crippen molar-refractivity contribution in [2.24, 2.45) is 0 Å². The zero-order valence-corrected chi connectivity index (χ0v) is 26.9. The molecule has 2 amide bonds. The van der Waals surface area contributed by atoms with Gasteiger partial charge in [0.1, 0.15) is 11.8 Å². The van der Waals surface area contributed by atoms with Crippen molar-refractivity contribution in [2.75, 3.05) is 6.61 Å². The third kappa shape index (κ3) is 8.73. The van der Waals surface area contributed by atoms with Gasteiger partial charge in [-0.25, -0.2) is 0 Å². The molecule has 0 aliphatic heterocycles. The average Bonchev–Trinajstić information content (AvgIpc) is 3.44. The van der Waals surface area contributed by atoms with Crippen LogP contribution in [-0.2, 0) is 28.0 Å². The molecular formula is C33H37BrCl2N2O3. The molecule has 41 heavy (non-hydrogen) atoms. The fraction of sp³-hybridized carbons (Fsp3) is 0.394. The lowest BCUT2D eigenvalue weighted by atomic mass is 9.87. The first-order chi connectivity index (χ1) is 19.5. The summed E-state index contributed by atoms with van der Waals surface area (Å²) >= 11 is 16.3. The number of carbonyl (C=O) groups is 2. The molecule has 0 heterocycles. The predicted molar refractivity (Wildman–Crippen MR) is 170 cm³/mol. The Labute approximate surface area is 261 Å². The van der Waals surface area contributed by atoms with E-state index in [1.54, 1.807) is 23.1 Å². The third-order valence-corrected chi connectivity index (χ3v) is 8.68. The van der Waals surface area contributed by atoms with Gasteiger partial charge in [0.2, 0.25) is 5.91 Å². The van der Waals surface area contributed by atoms with Gasteiger partial charge in [0.15, 0.2) is 6.61 Å². The van der Waals surface area contributed by atoms with Crippen molar-refractivity contribution in [2.45, 2.75) is 76.9 Å². The second kappa shape index (κ2) is 14.1. The van der Waals surface area contributed by atoms with Gasteiger partial charge in [-0.15, -0.1) is 0 Å². The maximum absolute atomic E-state index is 13.9. The zero-order valence-electron chi connectivity index (χ0n) is 23.8. The van der Waals surface area contributed by atoms with E-state index in [9.17, 15) is 9.59 Å². The molecule has 0 saturated heterocycles. The number of nitrogens with zero attached hydrogens (tertiary/aromatic N) is 1. The standard InChI is InChI=1S/C33H37BrCl2N2O3/c1-33(2,3)24-14-16-30(27(34)18-24)41-21-31(39)38(20-23-13-15-25(35)19-28(23)36)29(17-22-9-5-4-6-10-22)32(40)37-26-11-7-8-12-26/h4-6,9-10,13-16,18-19,26,29H,7-8,11-12,17,20-21H2,1-3H3,(H,37,40)/t29-/m1/s1. The van der Waals surface area contributed by atoms with Crippen LogP contribution in [0.1, 0.15) is 63.1 Å². The van der Waals surface area contributed by atoms with Crippen molar-refractivity contribution < 1.29 is 14.3 Å². The molecule has 0 aromatic heterocycles. The van der Waals surface area contributed by atoms with Crippen LogP contribution >= 0.6 is 39.1 Å². The summed E-state index contributed by atoms with van der Waals surface area (Å²) in [6.45, 7) is 6.32. The van der Waals surface area contributed by atoms with Gasteiger partial charge in [-0.2, -0.15) is 0 Å². The van der Waals surface area contributed by atoms with Crippen molar-refractivity contribution in [3.8, 4) is 5.75 Å². The normalized spacial score (nSPS) is 14.5. The van der Waals surface area contributed by atoms with Crippen molar-refractivity contribution in [1.29, 1.82) is 0 Å². The van der Waals surface area contributed by atoms with E-state index in [0.717, 1.165) is 41.3 Å². The molecule has 1 N–H and O–H groups in total. The van der Waals surface area contributed by atoms with Crippen LogP contribution in [0.3, 0.4) is 0 Å². The van der Waals surface area contributed by atoms with Crippen molar-refractivity contribution in [1.82, 2.24) is 10.2 Å². The molecule has 3 aromatic rings. The van der Waals surface area contributed by atoms with Gasteiger partial charge in [-0.1, -0.05) is 99.3 Å². The van der Waals surface area contributed by atoms with Gasteiger partial charge in [-0.3, -0.25) is 9.59 Å². The number of rotatable bonds is 10. The quantitative estimate of drug-likeness (QED) is 0.239. The Balaban J connectivity index is 1.63. The number of hydrogen-bond donors (Lipinski definition) is 1. The number of benzene rings is 3. The van der Waals surface area contributed by atoms with Crippen molar-refractivity contribution >= 4 is 50.9 Å². The summed E-state index contributed by atoms with van der Waals surface area (Å²) in [5.74, 6) is 0.0751. The number of nitrogens with one attached hydrogen (secondary N) is 1. The van der Waals surface area contributed by atoms with Crippen LogP contribution in [-0.4, -0.2) is 35.4 Å². The monoisotopic (exact) mass is 658 g/mol. The molecule has 0 unspecified atom stereocenters. The Morgan fingerprint density at radius 1 is 1.02 bits per heavy atom. The topological polar surface area (TPSA) is 58.6 Å². The molecule has 218 valence electrons. The lowest BCUT2D eigenvalue weighted by Crippen LogP contribution is -2.53. The molecule has 0 spiro atoms. The van der Waals surface area contributed by atoms with E-state index < -0.39 is 6.04 Å². The smallest absolute Gasteiger partial charge is 0.261 e. The Morgan fingerprint density at radius 2 is 1.73 bits per heavy atom. The minimum Gasteiger partial charge on any atom is -0.483 e. The molecular weight excluding hydrogens is 623 g/mol. The zero-order chi connectivity index (χ0) is 29.6. The number of ether oxygens (including phenoxy) is 1. The van der Waals surface area contributed by atoms with Crippen molar-refractivity contribution in [3.05, 3.63) is 97.9 Å². The number of carbonyl (C=O) groups excluding carboxylic acids is 2. The molecule has 3 aromatic carbocycles. The summed E-state index contributed by atoms with van der Waals surface area (Å²) in [5, 5.41) is 4.15. The van der Waals surface area contributed by atoms with E-state index in [2.05, 4.69) is 42.0 Å². The SMILES string of the molecule is CC(C)(C)c1ccc(OCC(=O)N(Cc2ccc(Cl)cc2Cl)[C@H](Cc2ccccc2)C(=O)NC2CCCC2)c(Br)c1. The highest BCUT2D eigenvalue weighted by molar-refractivity contribution is 9.10. The number of hydrogen-bond acceptors (Lipinski definition) is 3. The molecule has 5 nitrogen and oxygen atoms in total. The minimum absolute atomic E-state index is 0.0249. The molecule has 1 atom stereocenters. The Hall–Kier alpha value is -2.54. The average molecular weight is 660 g/mol. The van der Waals surface area contributed by atoms with E-state index in [4.69, 9.17) is 27.9 Å². The van der Waals surface area contributed by atoms with E-state index in [1.807, 2.05) is 48.5 Å². The summed E-state index contributed by atoms with van der Waals surface area (Å²) < 4.78 is 6.79. The van der Waals surface area contributed by atoms with Crippen LogP contribution in [0.25, 0.3) is 0 Å². The molecule has 1 fully saturated rings. The maximum Gasteiger partial charge on any atom is 0.261 e. The van der Waals surface area contributed by atoms with E-state index in [0.29, 0.717) is 27.8 Å². The first-order valence-corrected chi connectivity index (χ1v) is 15.6. The van der Waals surface area contributed by atoms with Gasteiger partial charge >= 0.3 is 0 Å². The highest BCUT2D eigenvalue weighted by Gasteiger charge is 2.33. The lowest BCUT2D eigenvalue weighted by Gasteiger charge is -2.32. The van der Waals surface area contributed by atoms with Gasteiger partial charge in [0.25, 0.3) is 5.91 Å². The van der Waals surface area contributed by atoms with E-state index in [1.165, 1.54) is 0 Å². The van der Waals surface area contributed by atoms with E-state index >= 15 is 0 Å². The minimum atomic E-state index is -0.757. The summed E-state index contributed by atoms with van der Waals surface area (Å²) in [6.07, 6.45) is 4.44. The van der Waals surface area contributed by atoms with Crippen LogP contribution < -0.4 is 10.1 Å². The first-order valence-electron chi connectivity index (χ1n) is 14.0. The maximum atomic E-state index is 13.9. The first kappa shape index (κ1) is 31.4. The second-order valence-electron chi connectivity index (χ2n) is 11.6. The Morgan fingerprint density at radius 3 is 2.37 bits per heavy atom. The molecule has 4 rings (SSSR count). The second-order valence-corrected chi connectivity index (χ2v) is 13.3. The summed E-state index contributed by atoms with van der Waals surface area (Å²) in [6, 6.07) is 20.2. The lowest BCUT2D eigenvalue weighted by molar-refractivity contribution is -0.143. The molecule has 1 aliphatic carbocycles. The van der Waals surface area contributed by atoms with Gasteiger partial charge in [-0.05, 0) is 75.1 Å². The van der Waals surface area contributed by atoms with Crippen LogP contribution in [0.2, 0.25) is 10.0 Å². The molecule has 0 radical (unpaired) electrons. The van der Waals surface area contributed by atoms with Gasteiger partial charge in [0.05, 0.1) is 4.47 Å². The summed E-state index contributed by atoms with van der Waals surface area (Å²) in [5.41, 5.74) is 2.78. The molecule has 1 saturated carbocycles. The largest absolute Gasteiger partial charge is 0.483 e. The van der Waals surface area contributed by atoms with Crippen LogP contribution in [0, 0.1) is 0 Å². The fourth-order valence-corrected chi connectivity index (χ4v) is 6.02. The summed E-state index contributed by atoms with van der Waals surface area (Å²) in [7, 11) is 0. The summed E-state index contributed by atoms with van der Waals surface area (Å²) in [4.78, 5) is 29.4. The Bertz CT molecular complexity index is 1350. The molecule has 8 heteroatoms. The van der Waals surface area contributed by atoms with Gasteiger partial charge in [0, 0.05) is 29.1 Å². The fourth-order valence-electron chi connectivity index (χ4n) is 5.06. The van der Waals surface area contributed by atoms with Gasteiger partial charge < -0.3 is 15.0 Å². The third-order valence-electron chi connectivity index (χ3n) is 7.48. The number of amides is 2. The van der Waals surface area contributed by atoms with Crippen LogP contribution in [0.4, 0.5) is 0 Å². The highest BCUT2D eigenvalue weighted by atomic mass is 79.9.